The number of carbonyl (C=O) groups excluding carboxylic acids is 1. The first-order chi connectivity index (χ1) is 14.8. The Balaban J connectivity index is 1.84. The van der Waals surface area contributed by atoms with Crippen molar-refractivity contribution in [2.24, 2.45) is 0 Å². The van der Waals surface area contributed by atoms with Crippen molar-refractivity contribution < 1.29 is 28.2 Å². The Morgan fingerprint density at radius 3 is 2.39 bits per heavy atom. The summed E-state index contributed by atoms with van der Waals surface area (Å²) in [6.45, 7) is 1.69. The Bertz CT molecular complexity index is 1190. The second-order valence-electron chi connectivity index (χ2n) is 7.36. The molecule has 1 aliphatic rings. The molecular weight excluding hydrogens is 404 g/mol. The van der Waals surface area contributed by atoms with E-state index in [-0.39, 0.29) is 11.5 Å². The molecule has 1 aliphatic heterocycles. The molecule has 31 heavy (non-hydrogen) atoms. The SMILES string of the molecule is CNC(=O)C1c2cc(-c3c(C)ccc(C(=O)O)c3F)ccc2OC1c1ccc(F)cc1. The quantitative estimate of drug-likeness (QED) is 0.643. The Morgan fingerprint density at radius 2 is 1.74 bits per heavy atom. The van der Waals surface area contributed by atoms with Gasteiger partial charge < -0.3 is 15.2 Å². The zero-order valence-electron chi connectivity index (χ0n) is 16.8. The highest BCUT2D eigenvalue weighted by molar-refractivity contribution is 5.91. The lowest BCUT2D eigenvalue weighted by atomic mass is 9.88. The van der Waals surface area contributed by atoms with Gasteiger partial charge in [-0.3, -0.25) is 4.79 Å². The van der Waals surface area contributed by atoms with Crippen molar-refractivity contribution in [1.29, 1.82) is 0 Å². The lowest BCUT2D eigenvalue weighted by Crippen LogP contribution is -2.28. The smallest absolute Gasteiger partial charge is 0.338 e. The molecule has 2 N–H and O–H groups in total. The lowest BCUT2D eigenvalue weighted by Gasteiger charge is -2.18. The van der Waals surface area contributed by atoms with E-state index in [1.165, 1.54) is 25.2 Å². The molecule has 0 aromatic heterocycles. The molecule has 4 rings (SSSR count). The van der Waals surface area contributed by atoms with Crippen LogP contribution in [0.3, 0.4) is 0 Å². The third-order valence-electron chi connectivity index (χ3n) is 5.50. The standard InChI is InChI=1S/C24H19F2NO4/c1-12-3-9-16(24(29)30)21(26)19(12)14-6-10-18-17(11-14)20(23(28)27-2)22(31-18)13-4-7-15(25)8-5-13/h3-11,20,22H,1-2H3,(H,27,28)(H,29,30). The number of hydrogen-bond donors (Lipinski definition) is 2. The Morgan fingerprint density at radius 1 is 1.03 bits per heavy atom. The van der Waals surface area contributed by atoms with Crippen LogP contribution in [0.4, 0.5) is 8.78 Å². The summed E-state index contributed by atoms with van der Waals surface area (Å²) in [6.07, 6.45) is -0.679. The molecule has 0 radical (unpaired) electrons. The molecule has 0 saturated carbocycles. The minimum absolute atomic E-state index is 0.156. The van der Waals surface area contributed by atoms with Gasteiger partial charge in [0.1, 0.15) is 29.4 Å². The minimum Gasteiger partial charge on any atom is -0.484 e. The van der Waals surface area contributed by atoms with E-state index in [0.29, 0.717) is 28.0 Å². The Labute approximate surface area is 177 Å². The normalized spacial score (nSPS) is 17.0. The van der Waals surface area contributed by atoms with Gasteiger partial charge in [-0.2, -0.15) is 0 Å². The number of nitrogens with one attached hydrogen (secondary N) is 1. The molecule has 2 unspecified atom stereocenters. The van der Waals surface area contributed by atoms with E-state index in [4.69, 9.17) is 4.74 Å². The van der Waals surface area contributed by atoms with Crippen molar-refractivity contribution in [3.63, 3.8) is 0 Å². The number of halogens is 2. The van der Waals surface area contributed by atoms with Crippen LogP contribution in [0.2, 0.25) is 0 Å². The van der Waals surface area contributed by atoms with Gasteiger partial charge in [-0.05, 0) is 53.9 Å². The predicted octanol–water partition coefficient (Wildman–Crippen LogP) is 4.60. The van der Waals surface area contributed by atoms with E-state index in [9.17, 15) is 23.5 Å². The zero-order chi connectivity index (χ0) is 22.3. The monoisotopic (exact) mass is 423 g/mol. The maximum Gasteiger partial charge on any atom is 0.338 e. The van der Waals surface area contributed by atoms with Gasteiger partial charge in [0, 0.05) is 18.2 Å². The number of aryl methyl sites for hydroxylation is 1. The number of carbonyl (C=O) groups is 2. The molecule has 1 heterocycles. The molecule has 2 atom stereocenters. The van der Waals surface area contributed by atoms with Gasteiger partial charge >= 0.3 is 5.97 Å². The van der Waals surface area contributed by atoms with Crippen molar-refractivity contribution in [1.82, 2.24) is 5.32 Å². The number of carboxylic acid groups (broad SMARTS) is 1. The van der Waals surface area contributed by atoms with Crippen LogP contribution in [0.1, 0.15) is 39.1 Å². The number of rotatable bonds is 4. The number of ether oxygens (including phenoxy) is 1. The van der Waals surface area contributed by atoms with Crippen LogP contribution in [-0.2, 0) is 4.79 Å². The molecule has 0 bridgehead atoms. The molecule has 158 valence electrons. The maximum atomic E-state index is 15.0. The Hall–Kier alpha value is -3.74. The second kappa shape index (κ2) is 7.83. The third kappa shape index (κ3) is 3.52. The largest absolute Gasteiger partial charge is 0.484 e. The summed E-state index contributed by atoms with van der Waals surface area (Å²) < 4.78 is 34.4. The summed E-state index contributed by atoms with van der Waals surface area (Å²) in [5.74, 6) is -3.18. The van der Waals surface area contributed by atoms with Crippen LogP contribution >= 0.6 is 0 Å². The van der Waals surface area contributed by atoms with Crippen LogP contribution in [0, 0.1) is 18.6 Å². The molecule has 0 spiro atoms. The fourth-order valence-corrected chi connectivity index (χ4v) is 3.96. The summed E-state index contributed by atoms with van der Waals surface area (Å²) in [4.78, 5) is 24.1. The third-order valence-corrected chi connectivity index (χ3v) is 5.50. The first-order valence-corrected chi connectivity index (χ1v) is 9.62. The van der Waals surface area contributed by atoms with E-state index >= 15 is 0 Å². The predicted molar refractivity (Wildman–Crippen MR) is 110 cm³/mol. The zero-order valence-corrected chi connectivity index (χ0v) is 16.8. The summed E-state index contributed by atoms with van der Waals surface area (Å²) >= 11 is 0. The van der Waals surface area contributed by atoms with Gasteiger partial charge in [0.25, 0.3) is 0 Å². The van der Waals surface area contributed by atoms with Gasteiger partial charge in [0.15, 0.2) is 0 Å². The number of amides is 1. The first kappa shape index (κ1) is 20.5. The summed E-state index contributed by atoms with van der Waals surface area (Å²) in [5, 5.41) is 11.9. The van der Waals surface area contributed by atoms with Crippen molar-refractivity contribution in [2.75, 3.05) is 7.05 Å². The molecule has 0 saturated heterocycles. The number of likely N-dealkylation sites (N-methyl/N-ethyl adjacent to an activating group) is 1. The molecule has 5 nitrogen and oxygen atoms in total. The average Bonchev–Trinajstić information content (AvgIpc) is 3.12. The van der Waals surface area contributed by atoms with Crippen molar-refractivity contribution in [3.8, 4) is 16.9 Å². The Kier molecular flexibility index (Phi) is 5.19. The minimum atomic E-state index is -1.36. The first-order valence-electron chi connectivity index (χ1n) is 9.62. The van der Waals surface area contributed by atoms with E-state index in [2.05, 4.69) is 5.32 Å². The average molecular weight is 423 g/mol. The van der Waals surface area contributed by atoms with Crippen molar-refractivity contribution in [2.45, 2.75) is 18.9 Å². The van der Waals surface area contributed by atoms with Crippen LogP contribution in [0.25, 0.3) is 11.1 Å². The van der Waals surface area contributed by atoms with Gasteiger partial charge in [-0.25, -0.2) is 13.6 Å². The van der Waals surface area contributed by atoms with E-state index in [0.717, 1.165) is 0 Å². The van der Waals surface area contributed by atoms with E-state index in [1.807, 2.05) is 0 Å². The number of fused-ring (bicyclic) bond motifs is 1. The molecule has 1 amide bonds. The molecule has 0 fully saturated rings. The number of benzene rings is 3. The van der Waals surface area contributed by atoms with Crippen LogP contribution in [0.15, 0.2) is 54.6 Å². The van der Waals surface area contributed by atoms with E-state index in [1.54, 1.807) is 43.3 Å². The molecule has 0 aliphatic carbocycles. The highest BCUT2D eigenvalue weighted by Crippen LogP contribution is 2.48. The fraction of sp³-hybridized carbons (Fsp3) is 0.167. The lowest BCUT2D eigenvalue weighted by molar-refractivity contribution is -0.123. The van der Waals surface area contributed by atoms with Crippen molar-refractivity contribution in [3.05, 3.63) is 88.5 Å². The second-order valence-corrected chi connectivity index (χ2v) is 7.36. The number of carboxylic acids is 1. The molecule has 3 aromatic carbocycles. The highest BCUT2D eigenvalue weighted by Gasteiger charge is 2.40. The van der Waals surface area contributed by atoms with Gasteiger partial charge in [-0.1, -0.05) is 24.3 Å². The van der Waals surface area contributed by atoms with Gasteiger partial charge in [0.2, 0.25) is 5.91 Å². The fourth-order valence-electron chi connectivity index (χ4n) is 3.96. The summed E-state index contributed by atoms with van der Waals surface area (Å²) in [6, 6.07) is 13.4. The van der Waals surface area contributed by atoms with Crippen LogP contribution in [-0.4, -0.2) is 24.0 Å². The maximum absolute atomic E-state index is 15.0. The summed E-state index contributed by atoms with van der Waals surface area (Å²) in [7, 11) is 1.51. The summed E-state index contributed by atoms with van der Waals surface area (Å²) in [5.41, 5.74) is 1.91. The van der Waals surface area contributed by atoms with E-state index < -0.39 is 35.2 Å². The number of aromatic carboxylic acids is 1. The van der Waals surface area contributed by atoms with Crippen LogP contribution in [0.5, 0.6) is 5.75 Å². The molecule has 7 heteroatoms. The molecule has 3 aromatic rings. The van der Waals surface area contributed by atoms with Gasteiger partial charge in [-0.15, -0.1) is 0 Å². The van der Waals surface area contributed by atoms with Crippen LogP contribution < -0.4 is 10.1 Å². The van der Waals surface area contributed by atoms with Gasteiger partial charge in [0.05, 0.1) is 5.56 Å². The van der Waals surface area contributed by atoms with Crippen molar-refractivity contribution >= 4 is 11.9 Å². The topological polar surface area (TPSA) is 75.6 Å². The molecular formula is C24H19F2NO4. The number of hydrogen-bond acceptors (Lipinski definition) is 3. The highest BCUT2D eigenvalue weighted by atomic mass is 19.1.